The molecule has 0 nitrogen and oxygen atoms in total. The molecule has 0 amide bonds. The Labute approximate surface area is 139 Å². The van der Waals surface area contributed by atoms with Gasteiger partial charge in [0.05, 0.1) is 0 Å². The molecule has 0 saturated carbocycles. The van der Waals surface area contributed by atoms with Crippen LogP contribution >= 0.6 is 11.8 Å². The molecule has 0 N–H and O–H groups in total. The summed E-state index contributed by atoms with van der Waals surface area (Å²) >= 11 is 2.02. The minimum atomic E-state index is 1.29. The molecular formula is C20H40S. The van der Waals surface area contributed by atoms with E-state index in [0.29, 0.717) is 0 Å². The highest BCUT2D eigenvalue weighted by Crippen LogP contribution is 2.13. The molecule has 0 aliphatic carbocycles. The maximum Gasteiger partial charge on any atom is -0.00261 e. The maximum absolute atomic E-state index is 2.38. The smallest absolute Gasteiger partial charge is 0.00261 e. The second-order valence-electron chi connectivity index (χ2n) is 6.27. The number of allylic oxidation sites excluding steroid dienone is 1. The van der Waals surface area contributed by atoms with Crippen LogP contribution in [-0.4, -0.2) is 5.75 Å². The van der Waals surface area contributed by atoms with Crippen molar-refractivity contribution in [2.75, 3.05) is 5.75 Å². The molecule has 0 heterocycles. The Hall–Kier alpha value is 0.0900. The Morgan fingerprint density at radius 3 is 1.62 bits per heavy atom. The first-order valence-corrected chi connectivity index (χ1v) is 10.7. The van der Waals surface area contributed by atoms with Gasteiger partial charge in [-0.25, -0.2) is 0 Å². The van der Waals surface area contributed by atoms with E-state index in [9.17, 15) is 0 Å². The van der Waals surface area contributed by atoms with Crippen LogP contribution in [0.15, 0.2) is 11.5 Å². The monoisotopic (exact) mass is 312 g/mol. The molecular weight excluding hydrogens is 272 g/mol. The Kier molecular flexibility index (Phi) is 20.2. The summed E-state index contributed by atoms with van der Waals surface area (Å²) < 4.78 is 0. The lowest BCUT2D eigenvalue weighted by atomic mass is 10.1. The number of rotatable bonds is 17. The van der Waals surface area contributed by atoms with Gasteiger partial charge in [0.25, 0.3) is 0 Å². The third-order valence-corrected chi connectivity index (χ3v) is 4.94. The molecule has 0 bridgehead atoms. The van der Waals surface area contributed by atoms with Gasteiger partial charge in [-0.2, -0.15) is 0 Å². The molecule has 0 aromatic heterocycles. The fourth-order valence-electron chi connectivity index (χ4n) is 2.57. The van der Waals surface area contributed by atoms with Gasteiger partial charge in [0, 0.05) is 0 Å². The van der Waals surface area contributed by atoms with Crippen LogP contribution in [-0.2, 0) is 0 Å². The maximum atomic E-state index is 2.38. The second kappa shape index (κ2) is 20.1. The molecule has 1 heteroatoms. The minimum absolute atomic E-state index is 1.29. The highest BCUT2D eigenvalue weighted by molar-refractivity contribution is 8.02. The summed E-state index contributed by atoms with van der Waals surface area (Å²) in [5.74, 6) is 1.32. The van der Waals surface area contributed by atoms with Gasteiger partial charge in [0.15, 0.2) is 0 Å². The van der Waals surface area contributed by atoms with Crippen molar-refractivity contribution < 1.29 is 0 Å². The normalized spacial score (nSPS) is 11.5. The zero-order valence-corrected chi connectivity index (χ0v) is 15.7. The third-order valence-electron chi connectivity index (χ3n) is 4.03. The highest BCUT2D eigenvalue weighted by Gasteiger charge is 1.91. The molecule has 0 fully saturated rings. The molecule has 126 valence electrons. The predicted molar refractivity (Wildman–Crippen MR) is 102 cm³/mol. The van der Waals surface area contributed by atoms with Crippen molar-refractivity contribution in [1.29, 1.82) is 0 Å². The molecule has 0 aliphatic heterocycles. The standard InChI is InChI=1S/C20H40S/c1-3-5-7-9-11-13-15-17-19-21-20-18-16-14-12-10-8-6-4-2/h17,19H,3-16,18,20H2,1-2H3. The number of hydrogen-bond donors (Lipinski definition) is 0. The van der Waals surface area contributed by atoms with Crippen LogP contribution in [0.25, 0.3) is 0 Å². The average molecular weight is 313 g/mol. The van der Waals surface area contributed by atoms with E-state index >= 15 is 0 Å². The number of unbranched alkanes of at least 4 members (excludes halogenated alkanes) is 13. The Morgan fingerprint density at radius 1 is 0.571 bits per heavy atom. The van der Waals surface area contributed by atoms with Crippen molar-refractivity contribution in [1.82, 2.24) is 0 Å². The minimum Gasteiger partial charge on any atom is -0.134 e. The largest absolute Gasteiger partial charge is 0.134 e. The molecule has 0 rings (SSSR count). The summed E-state index contributed by atoms with van der Waals surface area (Å²) in [5, 5.41) is 2.34. The molecule has 0 radical (unpaired) electrons. The first-order valence-electron chi connectivity index (χ1n) is 9.68. The highest BCUT2D eigenvalue weighted by atomic mass is 32.2. The van der Waals surface area contributed by atoms with Gasteiger partial charge in [0.1, 0.15) is 0 Å². The molecule has 0 saturated heterocycles. The van der Waals surface area contributed by atoms with E-state index in [1.54, 1.807) is 0 Å². The summed E-state index contributed by atoms with van der Waals surface area (Å²) in [6.45, 7) is 4.57. The zero-order chi connectivity index (χ0) is 15.4. The van der Waals surface area contributed by atoms with E-state index in [2.05, 4.69) is 25.3 Å². The van der Waals surface area contributed by atoms with Gasteiger partial charge in [0.2, 0.25) is 0 Å². The SMILES string of the molecule is CCCCCCCCC=CSCCCCCCCCCC. The molecule has 0 spiro atoms. The van der Waals surface area contributed by atoms with Crippen LogP contribution in [0.3, 0.4) is 0 Å². The average Bonchev–Trinajstić information content (AvgIpc) is 2.50. The quantitative estimate of drug-likeness (QED) is 0.244. The summed E-state index contributed by atoms with van der Waals surface area (Å²) in [6, 6.07) is 0. The lowest BCUT2D eigenvalue weighted by Crippen LogP contribution is -1.82. The Morgan fingerprint density at radius 2 is 1.05 bits per heavy atom. The van der Waals surface area contributed by atoms with Crippen molar-refractivity contribution >= 4 is 11.8 Å². The Bertz CT molecular complexity index is 198. The summed E-state index contributed by atoms with van der Waals surface area (Å²) in [6.07, 6.45) is 23.6. The van der Waals surface area contributed by atoms with Crippen LogP contribution < -0.4 is 0 Å². The van der Waals surface area contributed by atoms with E-state index < -0.39 is 0 Å². The first kappa shape index (κ1) is 21.1. The van der Waals surface area contributed by atoms with Gasteiger partial charge in [-0.05, 0) is 30.4 Å². The number of hydrogen-bond acceptors (Lipinski definition) is 1. The molecule has 0 aromatic rings. The third kappa shape index (κ3) is 20.1. The van der Waals surface area contributed by atoms with Crippen LogP contribution in [0.1, 0.15) is 110 Å². The van der Waals surface area contributed by atoms with Crippen LogP contribution in [0.2, 0.25) is 0 Å². The zero-order valence-electron chi connectivity index (χ0n) is 14.9. The summed E-state index contributed by atoms with van der Waals surface area (Å²) in [5.41, 5.74) is 0. The molecule has 0 aromatic carbocycles. The van der Waals surface area contributed by atoms with Gasteiger partial charge < -0.3 is 0 Å². The predicted octanol–water partition coefficient (Wildman–Crippen LogP) is 8.12. The van der Waals surface area contributed by atoms with Crippen molar-refractivity contribution in [2.24, 2.45) is 0 Å². The molecule has 0 aliphatic rings. The van der Waals surface area contributed by atoms with Gasteiger partial charge in [-0.15, -0.1) is 11.8 Å². The van der Waals surface area contributed by atoms with Gasteiger partial charge >= 0.3 is 0 Å². The lowest BCUT2D eigenvalue weighted by Gasteiger charge is -2.00. The van der Waals surface area contributed by atoms with Crippen LogP contribution in [0.5, 0.6) is 0 Å². The van der Waals surface area contributed by atoms with E-state index in [0.717, 1.165) is 0 Å². The van der Waals surface area contributed by atoms with E-state index in [1.165, 1.54) is 102 Å². The van der Waals surface area contributed by atoms with E-state index in [4.69, 9.17) is 0 Å². The van der Waals surface area contributed by atoms with E-state index in [-0.39, 0.29) is 0 Å². The van der Waals surface area contributed by atoms with Crippen molar-refractivity contribution in [3.05, 3.63) is 11.5 Å². The summed E-state index contributed by atoms with van der Waals surface area (Å²) in [4.78, 5) is 0. The lowest BCUT2D eigenvalue weighted by molar-refractivity contribution is 0.586. The van der Waals surface area contributed by atoms with Crippen LogP contribution in [0, 0.1) is 0 Å². The molecule has 21 heavy (non-hydrogen) atoms. The fraction of sp³-hybridized carbons (Fsp3) is 0.900. The molecule has 0 unspecified atom stereocenters. The van der Waals surface area contributed by atoms with Crippen molar-refractivity contribution in [2.45, 2.75) is 110 Å². The molecule has 0 atom stereocenters. The van der Waals surface area contributed by atoms with Crippen LogP contribution in [0.4, 0.5) is 0 Å². The fourth-order valence-corrected chi connectivity index (χ4v) is 3.34. The van der Waals surface area contributed by atoms with Crippen molar-refractivity contribution in [3.8, 4) is 0 Å². The topological polar surface area (TPSA) is 0 Å². The second-order valence-corrected chi connectivity index (χ2v) is 7.29. The summed E-state index contributed by atoms with van der Waals surface area (Å²) in [7, 11) is 0. The first-order chi connectivity index (χ1) is 10.4. The van der Waals surface area contributed by atoms with Gasteiger partial charge in [-0.1, -0.05) is 97.0 Å². The van der Waals surface area contributed by atoms with Gasteiger partial charge in [-0.3, -0.25) is 0 Å². The van der Waals surface area contributed by atoms with Crippen molar-refractivity contribution in [3.63, 3.8) is 0 Å². The van der Waals surface area contributed by atoms with E-state index in [1.807, 2.05) is 11.8 Å². The Balaban J connectivity index is 3.02. The number of thioether (sulfide) groups is 1.